The number of fused-ring (bicyclic) bond motifs is 1. The number of amides is 1. The van der Waals surface area contributed by atoms with Crippen LogP contribution in [-0.2, 0) is 21.9 Å². The zero-order valence-corrected chi connectivity index (χ0v) is 18.9. The van der Waals surface area contributed by atoms with Crippen LogP contribution in [0, 0.1) is 0 Å². The van der Waals surface area contributed by atoms with E-state index in [0.717, 1.165) is 15.1 Å². The Labute approximate surface area is 191 Å². The Balaban J connectivity index is 1.42. The molecule has 1 N–H and O–H groups in total. The predicted molar refractivity (Wildman–Crippen MR) is 125 cm³/mol. The number of likely N-dealkylation sites (N-methyl/N-ethyl adjacent to an activating group) is 1. The lowest BCUT2D eigenvalue weighted by atomic mass is 10.1. The van der Waals surface area contributed by atoms with Crippen molar-refractivity contribution in [2.24, 2.45) is 7.05 Å². The second-order valence-corrected chi connectivity index (χ2v) is 9.63. The summed E-state index contributed by atoms with van der Waals surface area (Å²) in [5.41, 5.74) is 0.881. The lowest BCUT2D eigenvalue weighted by Gasteiger charge is -2.17. The maximum atomic E-state index is 12.9. The normalized spacial score (nSPS) is 11.6. The second-order valence-electron chi connectivity index (χ2n) is 7.59. The SMILES string of the molecule is CN(CC(=O)Nc1ccc(C(=O)c2nccn2C)cc1)S(=O)(=O)c1ccc2ccccc2c1. The minimum atomic E-state index is -3.85. The number of nitrogens with one attached hydrogen (secondary N) is 1. The molecule has 0 fully saturated rings. The first-order chi connectivity index (χ1) is 15.8. The monoisotopic (exact) mass is 462 g/mol. The van der Waals surface area contributed by atoms with Crippen molar-refractivity contribution in [3.05, 3.63) is 90.5 Å². The van der Waals surface area contributed by atoms with Gasteiger partial charge in [-0.25, -0.2) is 13.4 Å². The first-order valence-corrected chi connectivity index (χ1v) is 11.6. The fraction of sp³-hybridized carbons (Fsp3) is 0.125. The molecule has 1 aromatic heterocycles. The van der Waals surface area contributed by atoms with E-state index in [2.05, 4.69) is 10.3 Å². The molecule has 8 nitrogen and oxygen atoms in total. The summed E-state index contributed by atoms with van der Waals surface area (Å²) >= 11 is 0. The molecule has 0 saturated carbocycles. The average molecular weight is 463 g/mol. The fourth-order valence-corrected chi connectivity index (χ4v) is 4.58. The third kappa shape index (κ3) is 4.69. The van der Waals surface area contributed by atoms with Gasteiger partial charge in [0.15, 0.2) is 5.82 Å². The first kappa shape index (κ1) is 22.4. The molecule has 33 heavy (non-hydrogen) atoms. The summed E-state index contributed by atoms with van der Waals surface area (Å²) in [7, 11) is -0.753. The van der Waals surface area contributed by atoms with Crippen molar-refractivity contribution in [1.82, 2.24) is 13.9 Å². The zero-order chi connectivity index (χ0) is 23.6. The second kappa shape index (κ2) is 8.97. The van der Waals surface area contributed by atoms with Crippen LogP contribution in [0.3, 0.4) is 0 Å². The molecule has 1 heterocycles. The van der Waals surface area contributed by atoms with Gasteiger partial charge in [0.2, 0.25) is 21.7 Å². The van der Waals surface area contributed by atoms with E-state index in [4.69, 9.17) is 0 Å². The summed E-state index contributed by atoms with van der Waals surface area (Å²) in [6, 6.07) is 18.7. The standard InChI is InChI=1S/C24H22N4O4S/c1-27-14-13-25-24(27)23(30)18-7-10-20(11-8-18)26-22(29)16-28(2)33(31,32)21-12-9-17-5-3-4-6-19(17)15-21/h3-15H,16H2,1-2H3,(H,26,29). The van der Waals surface area contributed by atoms with Crippen molar-refractivity contribution >= 4 is 38.2 Å². The molecule has 1 amide bonds. The summed E-state index contributed by atoms with van der Waals surface area (Å²) < 4.78 is 28.5. The molecule has 0 aliphatic rings. The van der Waals surface area contributed by atoms with Crippen molar-refractivity contribution in [3.63, 3.8) is 0 Å². The molecule has 0 unspecified atom stereocenters. The molecule has 168 valence electrons. The Hall–Kier alpha value is -3.82. The van der Waals surface area contributed by atoms with Crippen molar-refractivity contribution in [2.45, 2.75) is 4.90 Å². The van der Waals surface area contributed by atoms with Gasteiger partial charge in [-0.15, -0.1) is 0 Å². The van der Waals surface area contributed by atoms with Crippen molar-refractivity contribution in [1.29, 1.82) is 0 Å². The highest BCUT2D eigenvalue weighted by Gasteiger charge is 2.23. The molecule has 3 aromatic carbocycles. The molecule has 9 heteroatoms. The Kier molecular flexibility index (Phi) is 6.08. The van der Waals surface area contributed by atoms with Crippen molar-refractivity contribution in [2.75, 3.05) is 18.9 Å². The van der Waals surface area contributed by atoms with Crippen LogP contribution in [0.1, 0.15) is 16.2 Å². The number of imidazole rings is 1. The van der Waals surface area contributed by atoms with Crippen LogP contribution in [0.2, 0.25) is 0 Å². The third-order valence-electron chi connectivity index (χ3n) is 5.25. The number of aryl methyl sites for hydroxylation is 1. The molecule has 0 saturated heterocycles. The molecule has 0 radical (unpaired) electrons. The van der Waals surface area contributed by atoms with Crippen LogP contribution in [0.5, 0.6) is 0 Å². The van der Waals surface area contributed by atoms with Crippen LogP contribution in [0.25, 0.3) is 10.8 Å². The van der Waals surface area contributed by atoms with E-state index in [1.54, 1.807) is 60.4 Å². The molecule has 0 bridgehead atoms. The number of aromatic nitrogens is 2. The summed E-state index contributed by atoms with van der Waals surface area (Å²) in [4.78, 5) is 29.1. The average Bonchev–Trinajstić information content (AvgIpc) is 3.24. The lowest BCUT2D eigenvalue weighted by molar-refractivity contribution is -0.116. The van der Waals surface area contributed by atoms with Gasteiger partial charge in [-0.3, -0.25) is 9.59 Å². The van der Waals surface area contributed by atoms with Crippen molar-refractivity contribution in [3.8, 4) is 0 Å². The van der Waals surface area contributed by atoms with Gasteiger partial charge < -0.3 is 9.88 Å². The van der Waals surface area contributed by atoms with Gasteiger partial charge in [-0.2, -0.15) is 4.31 Å². The number of rotatable bonds is 7. The van der Waals surface area contributed by atoms with E-state index in [0.29, 0.717) is 17.1 Å². The van der Waals surface area contributed by atoms with Gasteiger partial charge in [0.25, 0.3) is 0 Å². The van der Waals surface area contributed by atoms with Crippen LogP contribution in [-0.4, -0.2) is 47.6 Å². The Morgan fingerprint density at radius 2 is 1.70 bits per heavy atom. The number of hydrogen-bond acceptors (Lipinski definition) is 5. The number of benzene rings is 3. The molecular weight excluding hydrogens is 440 g/mol. The maximum Gasteiger partial charge on any atom is 0.243 e. The summed E-state index contributed by atoms with van der Waals surface area (Å²) in [6.07, 6.45) is 3.23. The van der Waals surface area contributed by atoms with Gasteiger partial charge in [0.1, 0.15) is 0 Å². The summed E-state index contributed by atoms with van der Waals surface area (Å²) in [6.45, 7) is -0.358. The van der Waals surface area contributed by atoms with Crippen LogP contribution < -0.4 is 5.32 Å². The number of sulfonamides is 1. The van der Waals surface area contributed by atoms with E-state index in [1.807, 2.05) is 24.3 Å². The highest BCUT2D eigenvalue weighted by molar-refractivity contribution is 7.89. The number of hydrogen-bond donors (Lipinski definition) is 1. The van der Waals surface area contributed by atoms with Crippen molar-refractivity contribution < 1.29 is 18.0 Å². The van der Waals surface area contributed by atoms with Crippen LogP contribution >= 0.6 is 0 Å². The van der Waals surface area contributed by atoms with Gasteiger partial charge in [0.05, 0.1) is 11.4 Å². The maximum absolute atomic E-state index is 12.9. The first-order valence-electron chi connectivity index (χ1n) is 10.1. The number of ketones is 1. The smallest absolute Gasteiger partial charge is 0.243 e. The molecule has 0 aliphatic heterocycles. The van der Waals surface area contributed by atoms with Gasteiger partial charge in [-0.1, -0.05) is 30.3 Å². The summed E-state index contributed by atoms with van der Waals surface area (Å²) in [5.74, 6) is -0.418. The topological polar surface area (TPSA) is 101 Å². The quantitative estimate of drug-likeness (QED) is 0.426. The Morgan fingerprint density at radius 3 is 2.36 bits per heavy atom. The van der Waals surface area contributed by atoms with Gasteiger partial charge in [0, 0.05) is 37.7 Å². The molecule has 0 atom stereocenters. The number of carbonyl (C=O) groups excluding carboxylic acids is 2. The molecular formula is C24H22N4O4S. The number of nitrogens with zero attached hydrogens (tertiary/aromatic N) is 3. The predicted octanol–water partition coefficient (Wildman–Crippen LogP) is 3.06. The minimum absolute atomic E-state index is 0.119. The minimum Gasteiger partial charge on any atom is -0.331 e. The molecule has 0 aliphatic carbocycles. The highest BCUT2D eigenvalue weighted by Crippen LogP contribution is 2.21. The zero-order valence-electron chi connectivity index (χ0n) is 18.1. The van der Waals surface area contributed by atoms with E-state index in [-0.39, 0.29) is 17.2 Å². The molecule has 0 spiro atoms. The Bertz CT molecular complexity index is 1440. The van der Waals surface area contributed by atoms with Crippen LogP contribution in [0.4, 0.5) is 5.69 Å². The van der Waals surface area contributed by atoms with E-state index >= 15 is 0 Å². The van der Waals surface area contributed by atoms with E-state index < -0.39 is 15.9 Å². The summed E-state index contributed by atoms with van der Waals surface area (Å²) in [5, 5.41) is 4.40. The lowest BCUT2D eigenvalue weighted by Crippen LogP contribution is -2.34. The van der Waals surface area contributed by atoms with Gasteiger partial charge in [-0.05, 0) is 47.2 Å². The fourth-order valence-electron chi connectivity index (χ4n) is 3.41. The molecule has 4 aromatic rings. The third-order valence-corrected chi connectivity index (χ3v) is 7.05. The molecule has 4 rings (SSSR count). The number of carbonyl (C=O) groups is 2. The van der Waals surface area contributed by atoms with Crippen LogP contribution in [0.15, 0.2) is 84.0 Å². The van der Waals surface area contributed by atoms with E-state index in [1.165, 1.54) is 13.1 Å². The highest BCUT2D eigenvalue weighted by atomic mass is 32.2. The Morgan fingerprint density at radius 1 is 1.00 bits per heavy atom. The largest absolute Gasteiger partial charge is 0.331 e. The number of anilines is 1. The van der Waals surface area contributed by atoms with E-state index in [9.17, 15) is 18.0 Å². The van der Waals surface area contributed by atoms with Gasteiger partial charge >= 0.3 is 0 Å².